The summed E-state index contributed by atoms with van der Waals surface area (Å²) >= 11 is 0. The van der Waals surface area contributed by atoms with Crippen LogP contribution in [0.3, 0.4) is 0 Å². The van der Waals surface area contributed by atoms with Gasteiger partial charge in [-0.3, -0.25) is 9.59 Å². The van der Waals surface area contributed by atoms with Crippen LogP contribution in [0, 0.1) is 11.8 Å². The number of nitrogens with zero attached hydrogens (tertiary/aromatic N) is 1. The smallest absolute Gasteiger partial charge is 0.225 e. The molecule has 120 valence electrons. The van der Waals surface area contributed by atoms with E-state index in [4.69, 9.17) is 4.74 Å². The Hall–Kier alpha value is -1.84. The van der Waals surface area contributed by atoms with Gasteiger partial charge in [0.1, 0.15) is 5.75 Å². The standard InChI is InChI=1S/C18H25NO3/c1-4-13(2)18(21)19-11-9-15(10-12-19)17(20)14-5-7-16(22-3)8-6-14/h5-8,13,15H,4,9-12H2,1-3H3. The van der Waals surface area contributed by atoms with Gasteiger partial charge in [-0.1, -0.05) is 13.8 Å². The van der Waals surface area contributed by atoms with Gasteiger partial charge in [0.2, 0.25) is 5.91 Å². The number of ether oxygens (including phenoxy) is 1. The Balaban J connectivity index is 1.93. The molecule has 0 aromatic heterocycles. The van der Waals surface area contributed by atoms with Gasteiger partial charge in [-0.05, 0) is 43.5 Å². The minimum Gasteiger partial charge on any atom is -0.497 e. The van der Waals surface area contributed by atoms with Crippen LogP contribution in [0.1, 0.15) is 43.5 Å². The lowest BCUT2D eigenvalue weighted by Crippen LogP contribution is -2.42. The number of hydrogen-bond acceptors (Lipinski definition) is 3. The third-order valence-corrected chi connectivity index (χ3v) is 4.59. The third kappa shape index (κ3) is 3.67. The maximum absolute atomic E-state index is 12.5. The first-order chi connectivity index (χ1) is 10.6. The van der Waals surface area contributed by atoms with E-state index in [9.17, 15) is 9.59 Å². The molecule has 1 heterocycles. The third-order valence-electron chi connectivity index (χ3n) is 4.59. The van der Waals surface area contributed by atoms with Crippen LogP contribution in [0.25, 0.3) is 0 Å². The molecule has 0 aliphatic carbocycles. The molecule has 0 radical (unpaired) electrons. The number of carbonyl (C=O) groups excluding carboxylic acids is 2. The average Bonchev–Trinajstić information content (AvgIpc) is 2.60. The number of benzene rings is 1. The van der Waals surface area contributed by atoms with E-state index in [0.29, 0.717) is 13.1 Å². The largest absolute Gasteiger partial charge is 0.497 e. The number of likely N-dealkylation sites (tertiary alicyclic amines) is 1. The van der Waals surface area contributed by atoms with Crippen molar-refractivity contribution in [3.05, 3.63) is 29.8 Å². The summed E-state index contributed by atoms with van der Waals surface area (Å²) in [5.74, 6) is 1.25. The van der Waals surface area contributed by atoms with Crippen molar-refractivity contribution in [1.29, 1.82) is 0 Å². The van der Waals surface area contributed by atoms with Crippen molar-refractivity contribution in [1.82, 2.24) is 4.90 Å². The normalized spacial score (nSPS) is 17.1. The van der Waals surface area contributed by atoms with E-state index in [1.807, 2.05) is 43.0 Å². The molecule has 1 atom stereocenters. The summed E-state index contributed by atoms with van der Waals surface area (Å²) in [6.45, 7) is 5.38. The SMILES string of the molecule is CCC(C)C(=O)N1CCC(C(=O)c2ccc(OC)cc2)CC1. The highest BCUT2D eigenvalue weighted by Gasteiger charge is 2.29. The average molecular weight is 303 g/mol. The lowest BCUT2D eigenvalue weighted by atomic mass is 9.88. The monoisotopic (exact) mass is 303 g/mol. The fraction of sp³-hybridized carbons (Fsp3) is 0.556. The highest BCUT2D eigenvalue weighted by atomic mass is 16.5. The van der Waals surface area contributed by atoms with Gasteiger partial charge in [-0.2, -0.15) is 0 Å². The fourth-order valence-electron chi connectivity index (χ4n) is 2.84. The van der Waals surface area contributed by atoms with Crippen molar-refractivity contribution in [3.8, 4) is 5.75 Å². The van der Waals surface area contributed by atoms with E-state index in [2.05, 4.69) is 0 Å². The van der Waals surface area contributed by atoms with Crippen molar-refractivity contribution in [2.75, 3.05) is 20.2 Å². The second-order valence-electron chi connectivity index (χ2n) is 6.00. The van der Waals surface area contributed by atoms with Gasteiger partial charge >= 0.3 is 0 Å². The minimum atomic E-state index is 0.0226. The zero-order chi connectivity index (χ0) is 16.1. The molecule has 2 rings (SSSR count). The first-order valence-corrected chi connectivity index (χ1v) is 8.03. The molecule has 22 heavy (non-hydrogen) atoms. The van der Waals surface area contributed by atoms with E-state index in [0.717, 1.165) is 30.6 Å². The van der Waals surface area contributed by atoms with Gasteiger partial charge < -0.3 is 9.64 Å². The molecule has 1 amide bonds. The molecule has 0 spiro atoms. The molecule has 1 unspecified atom stereocenters. The number of ketones is 1. The Morgan fingerprint density at radius 3 is 2.32 bits per heavy atom. The van der Waals surface area contributed by atoms with Crippen LogP contribution in [0.5, 0.6) is 5.75 Å². The molecule has 1 aliphatic heterocycles. The Kier molecular flexibility index (Phi) is 5.58. The van der Waals surface area contributed by atoms with Crippen LogP contribution >= 0.6 is 0 Å². The number of piperidine rings is 1. The lowest BCUT2D eigenvalue weighted by Gasteiger charge is -2.33. The first kappa shape index (κ1) is 16.5. The second-order valence-corrected chi connectivity index (χ2v) is 6.00. The Morgan fingerprint density at radius 2 is 1.82 bits per heavy atom. The number of carbonyl (C=O) groups is 2. The van der Waals surface area contributed by atoms with Crippen LogP contribution in [0.4, 0.5) is 0 Å². The predicted octanol–water partition coefficient (Wildman–Crippen LogP) is 3.16. The van der Waals surface area contributed by atoms with Crippen molar-refractivity contribution in [3.63, 3.8) is 0 Å². The summed E-state index contributed by atoms with van der Waals surface area (Å²) in [5.41, 5.74) is 0.729. The topological polar surface area (TPSA) is 46.6 Å². The number of amides is 1. The van der Waals surface area contributed by atoms with Crippen LogP contribution < -0.4 is 4.74 Å². The van der Waals surface area contributed by atoms with Gasteiger partial charge in [-0.15, -0.1) is 0 Å². The Labute approximate surface area is 132 Å². The fourth-order valence-corrected chi connectivity index (χ4v) is 2.84. The van der Waals surface area contributed by atoms with Crippen molar-refractivity contribution in [2.24, 2.45) is 11.8 Å². The van der Waals surface area contributed by atoms with E-state index in [1.54, 1.807) is 7.11 Å². The van der Waals surface area contributed by atoms with Crippen LogP contribution in [-0.2, 0) is 4.79 Å². The van der Waals surface area contributed by atoms with Crippen molar-refractivity contribution >= 4 is 11.7 Å². The molecule has 0 bridgehead atoms. The molecule has 1 saturated heterocycles. The van der Waals surface area contributed by atoms with E-state index in [1.165, 1.54) is 0 Å². The number of rotatable bonds is 5. The van der Waals surface area contributed by atoms with Crippen LogP contribution in [-0.4, -0.2) is 36.8 Å². The van der Waals surface area contributed by atoms with Gasteiger partial charge in [0.25, 0.3) is 0 Å². The van der Waals surface area contributed by atoms with E-state index in [-0.39, 0.29) is 23.5 Å². The highest BCUT2D eigenvalue weighted by molar-refractivity contribution is 5.98. The summed E-state index contributed by atoms with van der Waals surface area (Å²) in [5, 5.41) is 0. The van der Waals surface area contributed by atoms with Crippen LogP contribution in [0.2, 0.25) is 0 Å². The first-order valence-electron chi connectivity index (χ1n) is 8.03. The second kappa shape index (κ2) is 7.43. The summed E-state index contributed by atoms with van der Waals surface area (Å²) in [6, 6.07) is 7.26. The molecule has 0 saturated carbocycles. The summed E-state index contributed by atoms with van der Waals surface area (Å²) in [6.07, 6.45) is 2.38. The molecule has 1 aromatic carbocycles. The molecular formula is C18H25NO3. The quantitative estimate of drug-likeness (QED) is 0.785. The summed E-state index contributed by atoms with van der Waals surface area (Å²) in [7, 11) is 1.61. The molecule has 4 heteroatoms. The van der Waals surface area contributed by atoms with Crippen molar-refractivity contribution < 1.29 is 14.3 Å². The van der Waals surface area contributed by atoms with Crippen LogP contribution in [0.15, 0.2) is 24.3 Å². The molecular weight excluding hydrogens is 278 g/mol. The van der Waals surface area contributed by atoms with Gasteiger partial charge in [-0.25, -0.2) is 0 Å². The minimum absolute atomic E-state index is 0.0226. The lowest BCUT2D eigenvalue weighted by molar-refractivity contribution is -0.136. The van der Waals surface area contributed by atoms with Gasteiger partial charge in [0.05, 0.1) is 7.11 Å². The molecule has 4 nitrogen and oxygen atoms in total. The maximum atomic E-state index is 12.5. The maximum Gasteiger partial charge on any atom is 0.225 e. The molecule has 1 fully saturated rings. The molecule has 0 N–H and O–H groups in total. The number of Topliss-reactive ketones (excluding diaryl/α,β-unsaturated/α-hetero) is 1. The van der Waals surface area contributed by atoms with Gasteiger partial charge in [0.15, 0.2) is 5.78 Å². The summed E-state index contributed by atoms with van der Waals surface area (Å²) < 4.78 is 5.11. The summed E-state index contributed by atoms with van der Waals surface area (Å²) in [4.78, 5) is 26.6. The Morgan fingerprint density at radius 1 is 1.23 bits per heavy atom. The zero-order valence-electron chi connectivity index (χ0n) is 13.7. The molecule has 1 aliphatic rings. The predicted molar refractivity (Wildman–Crippen MR) is 86.1 cm³/mol. The van der Waals surface area contributed by atoms with Gasteiger partial charge in [0, 0.05) is 30.5 Å². The Bertz CT molecular complexity index is 516. The number of methoxy groups -OCH3 is 1. The molecule has 1 aromatic rings. The van der Waals surface area contributed by atoms with Crippen molar-refractivity contribution in [2.45, 2.75) is 33.1 Å². The highest BCUT2D eigenvalue weighted by Crippen LogP contribution is 2.24. The zero-order valence-corrected chi connectivity index (χ0v) is 13.7. The number of hydrogen-bond donors (Lipinski definition) is 0. The van der Waals surface area contributed by atoms with E-state index < -0.39 is 0 Å². The van der Waals surface area contributed by atoms with E-state index >= 15 is 0 Å².